The number of benzene rings is 3. The molecule has 0 saturated heterocycles. The van der Waals surface area contributed by atoms with E-state index in [-0.39, 0.29) is 31.0 Å². The number of amides is 1. The van der Waals surface area contributed by atoms with Crippen LogP contribution in [-0.4, -0.2) is 31.2 Å². The van der Waals surface area contributed by atoms with Gasteiger partial charge in [-0.1, -0.05) is 36.4 Å². The standard InChI is InChI=1S/C27H24F4N2O4S/c28-22-11-13-24(14-12-22)38(35,36)33-15-2-1-6-25(33)26(34)32-17-20-4-3-5-23(16-20)37-18-19-7-9-21(10-8-19)27(29,30)31/h1-5,7-14,16,25H,6,15,17-18H2,(H,32,34)/t25-/m0/s1. The second-order valence-electron chi connectivity index (χ2n) is 8.60. The highest BCUT2D eigenvalue weighted by Crippen LogP contribution is 2.29. The third-order valence-electron chi connectivity index (χ3n) is 5.93. The van der Waals surface area contributed by atoms with Crippen LogP contribution in [0.25, 0.3) is 0 Å². The van der Waals surface area contributed by atoms with Gasteiger partial charge in [0.05, 0.1) is 10.5 Å². The van der Waals surface area contributed by atoms with Gasteiger partial charge >= 0.3 is 6.18 Å². The van der Waals surface area contributed by atoms with Crippen molar-refractivity contribution in [3.8, 4) is 5.75 Å². The molecule has 1 aliphatic heterocycles. The third-order valence-corrected chi connectivity index (χ3v) is 7.82. The lowest BCUT2D eigenvalue weighted by atomic mass is 10.1. The summed E-state index contributed by atoms with van der Waals surface area (Å²) in [5.41, 5.74) is 0.503. The largest absolute Gasteiger partial charge is 0.489 e. The van der Waals surface area contributed by atoms with Gasteiger partial charge in [0.2, 0.25) is 15.9 Å². The van der Waals surface area contributed by atoms with Gasteiger partial charge in [0.25, 0.3) is 0 Å². The number of carbonyl (C=O) groups is 1. The van der Waals surface area contributed by atoms with Crippen LogP contribution in [0, 0.1) is 5.82 Å². The van der Waals surface area contributed by atoms with Crippen molar-refractivity contribution in [1.29, 1.82) is 0 Å². The zero-order chi connectivity index (χ0) is 27.3. The summed E-state index contributed by atoms with van der Waals surface area (Å²) in [6, 6.07) is 14.9. The van der Waals surface area contributed by atoms with Gasteiger partial charge in [0.1, 0.15) is 24.2 Å². The highest BCUT2D eigenvalue weighted by molar-refractivity contribution is 7.89. The summed E-state index contributed by atoms with van der Waals surface area (Å²) in [7, 11) is -4.04. The minimum absolute atomic E-state index is 0.00503. The van der Waals surface area contributed by atoms with Gasteiger partial charge in [0, 0.05) is 13.1 Å². The van der Waals surface area contributed by atoms with Crippen LogP contribution in [0.5, 0.6) is 5.75 Å². The van der Waals surface area contributed by atoms with Crippen molar-refractivity contribution in [2.75, 3.05) is 6.54 Å². The van der Waals surface area contributed by atoms with Gasteiger partial charge in [-0.15, -0.1) is 0 Å². The van der Waals surface area contributed by atoms with E-state index < -0.39 is 39.5 Å². The number of carbonyl (C=O) groups excluding carboxylic acids is 1. The Morgan fingerprint density at radius 2 is 1.68 bits per heavy atom. The molecule has 4 rings (SSSR count). The maximum Gasteiger partial charge on any atom is 0.416 e. The van der Waals surface area contributed by atoms with Gasteiger partial charge in [-0.2, -0.15) is 17.5 Å². The molecular weight excluding hydrogens is 524 g/mol. The Bertz CT molecular complexity index is 1410. The van der Waals surface area contributed by atoms with Crippen LogP contribution < -0.4 is 10.1 Å². The minimum atomic E-state index is -4.41. The van der Waals surface area contributed by atoms with Crippen LogP contribution in [0.3, 0.4) is 0 Å². The van der Waals surface area contributed by atoms with Crippen LogP contribution in [0.2, 0.25) is 0 Å². The van der Waals surface area contributed by atoms with Gasteiger partial charge in [0.15, 0.2) is 0 Å². The fourth-order valence-electron chi connectivity index (χ4n) is 3.90. The van der Waals surface area contributed by atoms with E-state index in [1.54, 1.807) is 36.4 Å². The number of halogens is 4. The number of hydrogen-bond donors (Lipinski definition) is 1. The molecule has 1 heterocycles. The highest BCUT2D eigenvalue weighted by Gasteiger charge is 2.36. The number of nitrogens with zero attached hydrogens (tertiary/aromatic N) is 1. The molecule has 1 aliphatic rings. The first-order valence-corrected chi connectivity index (χ1v) is 13.1. The van der Waals surface area contributed by atoms with E-state index in [0.717, 1.165) is 40.7 Å². The summed E-state index contributed by atoms with van der Waals surface area (Å²) < 4.78 is 84.4. The monoisotopic (exact) mass is 548 g/mol. The Morgan fingerprint density at radius 1 is 0.974 bits per heavy atom. The van der Waals surface area contributed by atoms with E-state index in [4.69, 9.17) is 4.74 Å². The number of hydrogen-bond acceptors (Lipinski definition) is 4. The van der Waals surface area contributed by atoms with Crippen LogP contribution in [0.4, 0.5) is 17.6 Å². The first kappa shape index (κ1) is 27.3. The quantitative estimate of drug-likeness (QED) is 0.316. The van der Waals surface area contributed by atoms with E-state index >= 15 is 0 Å². The topological polar surface area (TPSA) is 75.7 Å². The zero-order valence-corrected chi connectivity index (χ0v) is 20.8. The van der Waals surface area contributed by atoms with Gasteiger partial charge in [-0.25, -0.2) is 12.8 Å². The summed E-state index contributed by atoms with van der Waals surface area (Å²) in [6.07, 6.45) is -0.838. The second-order valence-corrected chi connectivity index (χ2v) is 10.5. The summed E-state index contributed by atoms with van der Waals surface area (Å²) in [5, 5.41) is 2.75. The Labute approximate surface area is 217 Å². The Balaban J connectivity index is 1.37. The predicted molar refractivity (Wildman–Crippen MR) is 132 cm³/mol. The van der Waals surface area contributed by atoms with E-state index in [1.165, 1.54) is 12.1 Å². The first-order chi connectivity index (χ1) is 18.0. The fraction of sp³-hybridized carbons (Fsp3) is 0.222. The normalized spacial score (nSPS) is 16.3. The molecule has 0 bridgehead atoms. The fourth-order valence-corrected chi connectivity index (χ4v) is 5.45. The van der Waals surface area contributed by atoms with Crippen LogP contribution in [-0.2, 0) is 34.1 Å². The number of sulfonamides is 1. The second kappa shape index (κ2) is 11.4. The molecule has 0 radical (unpaired) electrons. The van der Waals surface area contributed by atoms with E-state index in [9.17, 15) is 30.8 Å². The molecule has 11 heteroatoms. The molecule has 0 spiro atoms. The highest BCUT2D eigenvalue weighted by atomic mass is 32.2. The molecule has 3 aromatic carbocycles. The number of rotatable bonds is 8. The zero-order valence-electron chi connectivity index (χ0n) is 20.0. The number of ether oxygens (including phenoxy) is 1. The predicted octanol–water partition coefficient (Wildman–Crippen LogP) is 5.06. The van der Waals surface area contributed by atoms with Gasteiger partial charge in [-0.05, 0) is 66.1 Å². The van der Waals surface area contributed by atoms with Crippen molar-refractivity contribution in [2.45, 2.75) is 36.7 Å². The number of nitrogens with one attached hydrogen (secondary N) is 1. The molecule has 0 fully saturated rings. The van der Waals surface area contributed by atoms with Crippen LogP contribution >= 0.6 is 0 Å². The molecule has 0 aliphatic carbocycles. The third kappa shape index (κ3) is 6.59. The maximum absolute atomic E-state index is 13.3. The minimum Gasteiger partial charge on any atom is -0.489 e. The average Bonchev–Trinajstić information content (AvgIpc) is 2.91. The number of alkyl halides is 3. The van der Waals surface area contributed by atoms with Crippen LogP contribution in [0.15, 0.2) is 89.8 Å². The summed E-state index contributed by atoms with van der Waals surface area (Å²) >= 11 is 0. The average molecular weight is 549 g/mol. The molecule has 3 aromatic rings. The SMILES string of the molecule is O=C(NCc1cccc(OCc2ccc(C(F)(F)F)cc2)c1)[C@@H]1CC=CCN1S(=O)(=O)c1ccc(F)cc1. The van der Waals surface area contributed by atoms with Crippen LogP contribution in [0.1, 0.15) is 23.1 Å². The molecule has 200 valence electrons. The molecule has 38 heavy (non-hydrogen) atoms. The first-order valence-electron chi connectivity index (χ1n) is 11.6. The smallest absolute Gasteiger partial charge is 0.416 e. The van der Waals surface area contributed by atoms with Crippen molar-refractivity contribution in [3.63, 3.8) is 0 Å². The molecule has 1 amide bonds. The van der Waals surface area contributed by atoms with Gasteiger partial charge < -0.3 is 10.1 Å². The van der Waals surface area contributed by atoms with Crippen molar-refractivity contribution >= 4 is 15.9 Å². The Morgan fingerprint density at radius 3 is 2.37 bits per heavy atom. The van der Waals surface area contributed by atoms with Crippen molar-refractivity contribution < 1.29 is 35.5 Å². The lowest BCUT2D eigenvalue weighted by Crippen LogP contribution is -2.50. The van der Waals surface area contributed by atoms with E-state index in [0.29, 0.717) is 16.9 Å². The van der Waals surface area contributed by atoms with Gasteiger partial charge in [-0.3, -0.25) is 4.79 Å². The van der Waals surface area contributed by atoms with E-state index in [1.807, 2.05) is 0 Å². The molecule has 0 aromatic heterocycles. The van der Waals surface area contributed by atoms with Crippen molar-refractivity contribution in [3.05, 3.63) is 107 Å². The lowest BCUT2D eigenvalue weighted by Gasteiger charge is -2.31. The molecule has 1 atom stereocenters. The molecule has 6 nitrogen and oxygen atoms in total. The maximum atomic E-state index is 13.3. The Hall–Kier alpha value is -3.70. The Kier molecular flexibility index (Phi) is 8.17. The van der Waals surface area contributed by atoms with E-state index in [2.05, 4.69) is 5.32 Å². The summed E-state index contributed by atoms with van der Waals surface area (Å²) in [4.78, 5) is 12.9. The molecular formula is C27H24F4N2O4S. The molecule has 0 saturated carbocycles. The summed E-state index contributed by atoms with van der Waals surface area (Å²) in [5.74, 6) is -0.601. The lowest BCUT2D eigenvalue weighted by molar-refractivity contribution is -0.137. The molecule has 1 N–H and O–H groups in total. The molecule has 0 unspecified atom stereocenters. The van der Waals surface area contributed by atoms with Crippen molar-refractivity contribution in [1.82, 2.24) is 9.62 Å². The van der Waals surface area contributed by atoms with Crippen molar-refractivity contribution in [2.24, 2.45) is 0 Å². The summed E-state index contributed by atoms with van der Waals surface area (Å²) in [6.45, 7) is 0.157.